The lowest BCUT2D eigenvalue weighted by molar-refractivity contribution is -0.384. The van der Waals surface area contributed by atoms with Crippen LogP contribution in [-0.4, -0.2) is 31.8 Å². The Kier molecular flexibility index (Phi) is 7.55. The molecule has 162 valence electrons. The van der Waals surface area contributed by atoms with Crippen molar-refractivity contribution in [2.24, 2.45) is 11.8 Å². The molecule has 2 aromatic carbocycles. The zero-order valence-electron chi connectivity index (χ0n) is 17.5. The minimum Gasteiger partial charge on any atom is -0.351 e. The number of sulfonamides is 1. The summed E-state index contributed by atoms with van der Waals surface area (Å²) in [6.07, 6.45) is 0. The highest BCUT2D eigenvalue weighted by Crippen LogP contribution is 2.27. The number of nitrogens with zero attached hydrogens (tertiary/aromatic N) is 2. The molecule has 2 rings (SSSR count). The quantitative estimate of drug-likeness (QED) is 0.480. The summed E-state index contributed by atoms with van der Waals surface area (Å²) < 4.78 is 27.5. The van der Waals surface area contributed by atoms with Gasteiger partial charge in [0.2, 0.25) is 5.91 Å². The maximum atomic E-state index is 13.3. The predicted octanol–water partition coefficient (Wildman–Crippen LogP) is 3.59. The summed E-state index contributed by atoms with van der Waals surface area (Å²) >= 11 is 0. The third kappa shape index (κ3) is 5.56. The van der Waals surface area contributed by atoms with E-state index in [4.69, 9.17) is 0 Å². The summed E-state index contributed by atoms with van der Waals surface area (Å²) in [6, 6.07) is 12.8. The lowest BCUT2D eigenvalue weighted by Crippen LogP contribution is -2.47. The van der Waals surface area contributed by atoms with Crippen LogP contribution < -0.4 is 9.62 Å². The highest BCUT2D eigenvalue weighted by Gasteiger charge is 2.29. The van der Waals surface area contributed by atoms with Crippen molar-refractivity contribution in [1.29, 1.82) is 0 Å². The Morgan fingerprint density at radius 2 is 1.63 bits per heavy atom. The number of hydrogen-bond acceptors (Lipinski definition) is 5. The highest BCUT2D eigenvalue weighted by atomic mass is 32.2. The predicted molar refractivity (Wildman–Crippen MR) is 116 cm³/mol. The average molecular weight is 434 g/mol. The Hall–Kier alpha value is -2.94. The number of carbonyl (C=O) groups excluding carboxylic acids is 1. The summed E-state index contributed by atoms with van der Waals surface area (Å²) in [7, 11) is -4.12. The van der Waals surface area contributed by atoms with Crippen LogP contribution in [0.15, 0.2) is 59.5 Å². The minimum absolute atomic E-state index is 0.00595. The fourth-order valence-electron chi connectivity index (χ4n) is 3.26. The highest BCUT2D eigenvalue weighted by molar-refractivity contribution is 7.92. The lowest BCUT2D eigenvalue weighted by Gasteiger charge is -2.29. The van der Waals surface area contributed by atoms with E-state index in [1.54, 1.807) is 18.2 Å². The van der Waals surface area contributed by atoms with Crippen molar-refractivity contribution < 1.29 is 18.1 Å². The largest absolute Gasteiger partial charge is 0.351 e. The Bertz CT molecular complexity index is 983. The van der Waals surface area contributed by atoms with Gasteiger partial charge in [0.05, 0.1) is 15.5 Å². The molecule has 0 saturated heterocycles. The van der Waals surface area contributed by atoms with E-state index in [9.17, 15) is 23.3 Å². The second-order valence-corrected chi connectivity index (χ2v) is 9.55. The van der Waals surface area contributed by atoms with Gasteiger partial charge >= 0.3 is 0 Å². The fraction of sp³-hybridized carbons (Fsp3) is 0.381. The van der Waals surface area contributed by atoms with Crippen LogP contribution in [0.1, 0.15) is 27.7 Å². The van der Waals surface area contributed by atoms with Crippen LogP contribution in [0.5, 0.6) is 0 Å². The molecule has 0 aromatic heterocycles. The zero-order chi connectivity index (χ0) is 22.5. The van der Waals surface area contributed by atoms with Gasteiger partial charge in [0.25, 0.3) is 15.7 Å². The van der Waals surface area contributed by atoms with Crippen molar-refractivity contribution >= 4 is 27.3 Å². The molecular weight excluding hydrogens is 406 g/mol. The number of rotatable bonds is 9. The number of amides is 1. The molecule has 0 fully saturated rings. The van der Waals surface area contributed by atoms with Gasteiger partial charge in [-0.15, -0.1) is 0 Å². The van der Waals surface area contributed by atoms with Crippen molar-refractivity contribution in [2.45, 2.75) is 38.6 Å². The molecule has 0 aliphatic heterocycles. The first-order chi connectivity index (χ1) is 14.0. The van der Waals surface area contributed by atoms with Crippen LogP contribution in [0, 0.1) is 22.0 Å². The van der Waals surface area contributed by atoms with Crippen LogP contribution in [0.2, 0.25) is 0 Å². The summed E-state index contributed by atoms with van der Waals surface area (Å²) in [6.45, 7) is 7.41. The van der Waals surface area contributed by atoms with Crippen LogP contribution >= 0.6 is 0 Å². The normalized spacial score (nSPS) is 11.7. The molecule has 0 atom stereocenters. The molecule has 0 radical (unpaired) electrons. The van der Waals surface area contributed by atoms with Gasteiger partial charge < -0.3 is 5.32 Å². The van der Waals surface area contributed by atoms with E-state index < -0.39 is 27.4 Å². The van der Waals surface area contributed by atoms with Crippen LogP contribution in [0.25, 0.3) is 0 Å². The van der Waals surface area contributed by atoms with Gasteiger partial charge in [-0.2, -0.15) is 0 Å². The van der Waals surface area contributed by atoms with Crippen molar-refractivity contribution in [3.63, 3.8) is 0 Å². The van der Waals surface area contributed by atoms with Crippen LogP contribution in [0.3, 0.4) is 0 Å². The molecule has 0 bridgehead atoms. The van der Waals surface area contributed by atoms with Crippen LogP contribution in [0.4, 0.5) is 11.4 Å². The number of benzene rings is 2. The number of nitrogens with one attached hydrogen (secondary N) is 1. The third-order valence-electron chi connectivity index (χ3n) is 4.71. The Balaban J connectivity index is 2.46. The molecule has 8 nitrogen and oxygen atoms in total. The molecule has 0 unspecified atom stereocenters. The Morgan fingerprint density at radius 3 is 2.17 bits per heavy atom. The van der Waals surface area contributed by atoms with Crippen molar-refractivity contribution in [2.75, 3.05) is 10.8 Å². The second-order valence-electron chi connectivity index (χ2n) is 7.68. The van der Waals surface area contributed by atoms with Gasteiger partial charge in [0, 0.05) is 18.2 Å². The molecule has 9 heteroatoms. The molecule has 0 heterocycles. The SMILES string of the molecule is CC(C)C(NC(=O)CN(c1cccc([N+](=O)[O-])c1)S(=O)(=O)c1ccccc1)C(C)C. The first-order valence-corrected chi connectivity index (χ1v) is 11.1. The summed E-state index contributed by atoms with van der Waals surface area (Å²) in [5.74, 6) is -0.162. The molecule has 0 aliphatic rings. The van der Waals surface area contributed by atoms with Crippen LogP contribution in [-0.2, 0) is 14.8 Å². The van der Waals surface area contributed by atoms with E-state index >= 15 is 0 Å². The molecule has 0 saturated carbocycles. The van der Waals surface area contributed by atoms with E-state index in [0.717, 1.165) is 10.4 Å². The van der Waals surface area contributed by atoms with E-state index in [1.807, 2.05) is 27.7 Å². The topological polar surface area (TPSA) is 110 Å². The molecule has 30 heavy (non-hydrogen) atoms. The molecule has 2 aromatic rings. The van der Waals surface area contributed by atoms with E-state index in [2.05, 4.69) is 5.32 Å². The average Bonchev–Trinajstić information content (AvgIpc) is 2.70. The van der Waals surface area contributed by atoms with E-state index in [0.29, 0.717) is 0 Å². The first kappa shape index (κ1) is 23.3. The van der Waals surface area contributed by atoms with Gasteiger partial charge in [-0.25, -0.2) is 8.42 Å². The summed E-state index contributed by atoms with van der Waals surface area (Å²) in [4.78, 5) is 23.4. The van der Waals surface area contributed by atoms with Gasteiger partial charge in [-0.05, 0) is 30.0 Å². The maximum absolute atomic E-state index is 13.3. The number of anilines is 1. The maximum Gasteiger partial charge on any atom is 0.271 e. The zero-order valence-corrected chi connectivity index (χ0v) is 18.3. The third-order valence-corrected chi connectivity index (χ3v) is 6.50. The first-order valence-electron chi connectivity index (χ1n) is 9.65. The number of non-ortho nitro benzene ring substituents is 1. The van der Waals surface area contributed by atoms with Gasteiger partial charge in [-0.3, -0.25) is 19.2 Å². The van der Waals surface area contributed by atoms with Crippen molar-refractivity contribution in [3.05, 3.63) is 64.7 Å². The molecular formula is C21H27N3O5S. The summed E-state index contributed by atoms with van der Waals surface area (Å²) in [5, 5.41) is 14.1. The lowest BCUT2D eigenvalue weighted by atomic mass is 9.93. The number of nitro benzene ring substituents is 1. The smallest absolute Gasteiger partial charge is 0.271 e. The van der Waals surface area contributed by atoms with Gasteiger partial charge in [-0.1, -0.05) is 52.0 Å². The summed E-state index contributed by atoms with van der Waals surface area (Å²) in [5.41, 5.74) is -0.211. The number of nitro groups is 1. The Labute approximate surface area is 177 Å². The van der Waals surface area contributed by atoms with Gasteiger partial charge in [0.15, 0.2) is 0 Å². The molecule has 1 amide bonds. The fourth-order valence-corrected chi connectivity index (χ4v) is 4.70. The Morgan fingerprint density at radius 1 is 1.03 bits per heavy atom. The number of carbonyl (C=O) groups is 1. The number of hydrogen-bond donors (Lipinski definition) is 1. The standard InChI is InChI=1S/C21H27N3O5S/c1-15(2)21(16(3)4)22-20(25)14-23(17-9-8-10-18(13-17)24(26)27)30(28,29)19-11-6-5-7-12-19/h5-13,15-16,21H,14H2,1-4H3,(H,22,25). The van der Waals surface area contributed by atoms with Gasteiger partial charge in [0.1, 0.15) is 6.54 Å². The van der Waals surface area contributed by atoms with Crippen molar-refractivity contribution in [1.82, 2.24) is 5.32 Å². The van der Waals surface area contributed by atoms with Crippen molar-refractivity contribution in [3.8, 4) is 0 Å². The molecule has 0 aliphatic carbocycles. The van der Waals surface area contributed by atoms with E-state index in [-0.39, 0.29) is 34.1 Å². The monoisotopic (exact) mass is 433 g/mol. The molecule has 0 spiro atoms. The minimum atomic E-state index is -4.12. The van der Waals surface area contributed by atoms with E-state index in [1.165, 1.54) is 30.3 Å². The molecule has 1 N–H and O–H groups in total. The second kappa shape index (κ2) is 9.71.